The van der Waals surface area contributed by atoms with E-state index in [4.69, 9.17) is 5.11 Å². The summed E-state index contributed by atoms with van der Waals surface area (Å²) < 4.78 is -0.148. The molecule has 2 nitrogen and oxygen atoms in total. The van der Waals surface area contributed by atoms with E-state index in [1.165, 1.54) is 0 Å². The number of hydrogen-bond donors (Lipinski definition) is 1. The first-order chi connectivity index (χ1) is 2.77. The highest BCUT2D eigenvalue weighted by atomic mass is 79.9. The Hall–Kier alpha value is 0.110. The summed E-state index contributed by atoms with van der Waals surface area (Å²) >= 11 is 2.64. The molecule has 0 amide bonds. The van der Waals surface area contributed by atoms with Gasteiger partial charge in [-0.25, -0.2) is 0 Å². The molecular formula is C3H5BrO2. The third-order valence-electron chi connectivity index (χ3n) is 0.308. The van der Waals surface area contributed by atoms with Crippen molar-refractivity contribution < 1.29 is 9.90 Å². The van der Waals surface area contributed by atoms with Crippen LogP contribution in [-0.2, 0) is 4.79 Å². The maximum Gasteiger partial charge on any atom is 0.200 e. The van der Waals surface area contributed by atoms with Crippen LogP contribution in [-0.4, -0.2) is 16.4 Å². The molecule has 0 aliphatic rings. The Balaban J connectivity index is 2.83. The lowest BCUT2D eigenvalue weighted by Gasteiger charge is -1.78. The largest absolute Gasteiger partial charge is 0.396 e. The second-order valence-electron chi connectivity index (χ2n) is 0.829. The first-order valence-corrected chi connectivity index (χ1v) is 2.36. The van der Waals surface area contributed by atoms with Gasteiger partial charge in [0.1, 0.15) is 0 Å². The lowest BCUT2D eigenvalue weighted by atomic mass is 10.5. The molecule has 0 aliphatic heterocycles. The van der Waals surface area contributed by atoms with Crippen LogP contribution in [0.4, 0.5) is 0 Å². The van der Waals surface area contributed by atoms with Gasteiger partial charge in [0.25, 0.3) is 0 Å². The molecule has 0 radical (unpaired) electrons. The lowest BCUT2D eigenvalue weighted by Crippen LogP contribution is -1.88. The molecule has 0 fully saturated rings. The zero-order valence-corrected chi connectivity index (χ0v) is 4.73. The number of hydrogen-bond acceptors (Lipinski definition) is 2. The highest BCUT2D eigenvalue weighted by molar-refractivity contribution is 9.18. The molecule has 0 aromatic rings. The van der Waals surface area contributed by atoms with Crippen molar-refractivity contribution in [2.45, 2.75) is 6.42 Å². The van der Waals surface area contributed by atoms with Crippen LogP contribution in [0.3, 0.4) is 0 Å². The van der Waals surface area contributed by atoms with E-state index in [0.29, 0.717) is 0 Å². The van der Waals surface area contributed by atoms with Gasteiger partial charge in [-0.05, 0) is 15.9 Å². The van der Waals surface area contributed by atoms with Crippen molar-refractivity contribution in [1.82, 2.24) is 0 Å². The third-order valence-corrected chi connectivity index (χ3v) is 0.705. The van der Waals surface area contributed by atoms with Crippen molar-refractivity contribution in [3.63, 3.8) is 0 Å². The molecule has 0 aromatic carbocycles. The fourth-order valence-electron chi connectivity index (χ4n) is 0.0879. The third kappa shape index (κ3) is 4.11. The Bertz CT molecular complexity index is 52.8. The van der Waals surface area contributed by atoms with E-state index in [0.717, 1.165) is 0 Å². The van der Waals surface area contributed by atoms with Crippen molar-refractivity contribution >= 4 is 20.6 Å². The zero-order valence-electron chi connectivity index (χ0n) is 3.15. The maximum absolute atomic E-state index is 9.80. The SMILES string of the molecule is O=C(Br)CCO. The molecule has 6 heavy (non-hydrogen) atoms. The molecule has 0 bridgehead atoms. The highest BCUT2D eigenvalue weighted by Gasteiger charge is 1.87. The van der Waals surface area contributed by atoms with Gasteiger partial charge in [0, 0.05) is 6.42 Å². The predicted molar refractivity (Wildman–Crippen MR) is 25.6 cm³/mol. The van der Waals surface area contributed by atoms with Crippen molar-refractivity contribution in [3.8, 4) is 0 Å². The van der Waals surface area contributed by atoms with Crippen LogP contribution in [0.5, 0.6) is 0 Å². The van der Waals surface area contributed by atoms with Gasteiger partial charge in [-0.2, -0.15) is 0 Å². The monoisotopic (exact) mass is 152 g/mol. The van der Waals surface area contributed by atoms with E-state index in [1.807, 2.05) is 0 Å². The Morgan fingerprint density at radius 3 is 2.33 bits per heavy atom. The fraction of sp³-hybridized carbons (Fsp3) is 0.667. The number of aliphatic hydroxyl groups is 1. The summed E-state index contributed by atoms with van der Waals surface area (Å²) in [6.45, 7) is -0.0654. The van der Waals surface area contributed by atoms with Crippen LogP contribution in [0, 0.1) is 0 Å². The summed E-state index contributed by atoms with van der Waals surface area (Å²) in [5.74, 6) is 0. The Morgan fingerprint density at radius 2 is 2.33 bits per heavy atom. The quantitative estimate of drug-likeness (QED) is 0.579. The van der Waals surface area contributed by atoms with Gasteiger partial charge < -0.3 is 5.11 Å². The Labute approximate surface area is 44.3 Å². The second kappa shape index (κ2) is 3.31. The molecule has 0 spiro atoms. The van der Waals surface area contributed by atoms with Gasteiger partial charge in [0.2, 0.25) is 0 Å². The first kappa shape index (κ1) is 6.11. The number of halogens is 1. The molecule has 0 heterocycles. The van der Waals surface area contributed by atoms with Crippen molar-refractivity contribution in [2.75, 3.05) is 6.61 Å². The average Bonchev–Trinajstić information content (AvgIpc) is 1.35. The van der Waals surface area contributed by atoms with Crippen LogP contribution in [0.1, 0.15) is 6.42 Å². The van der Waals surface area contributed by atoms with E-state index >= 15 is 0 Å². The molecule has 1 N–H and O–H groups in total. The minimum atomic E-state index is -0.148. The highest BCUT2D eigenvalue weighted by Crippen LogP contribution is 1.87. The Kier molecular flexibility index (Phi) is 3.37. The van der Waals surface area contributed by atoms with E-state index in [1.54, 1.807) is 0 Å². The molecule has 36 valence electrons. The van der Waals surface area contributed by atoms with Gasteiger partial charge in [-0.1, -0.05) is 0 Å². The number of carbonyl (C=O) groups is 1. The van der Waals surface area contributed by atoms with Gasteiger partial charge in [-0.15, -0.1) is 0 Å². The summed E-state index contributed by atoms with van der Waals surface area (Å²) in [6, 6.07) is 0. The maximum atomic E-state index is 9.80. The summed E-state index contributed by atoms with van der Waals surface area (Å²) in [6.07, 6.45) is 0.208. The molecule has 3 heteroatoms. The standard InChI is InChI=1S/C3H5BrO2/c4-3(6)1-2-5/h5H,1-2H2. The second-order valence-corrected chi connectivity index (χ2v) is 1.71. The number of aliphatic hydroxyl groups excluding tert-OH is 1. The van der Waals surface area contributed by atoms with Crippen LogP contribution < -0.4 is 0 Å². The van der Waals surface area contributed by atoms with Crippen molar-refractivity contribution in [1.29, 1.82) is 0 Å². The van der Waals surface area contributed by atoms with Crippen molar-refractivity contribution in [3.05, 3.63) is 0 Å². The summed E-state index contributed by atoms with van der Waals surface area (Å²) in [7, 11) is 0. The molecule has 0 saturated heterocycles. The van der Waals surface area contributed by atoms with Gasteiger partial charge in [-0.3, -0.25) is 4.79 Å². The summed E-state index contributed by atoms with van der Waals surface area (Å²) in [5.41, 5.74) is 0. The summed E-state index contributed by atoms with van der Waals surface area (Å²) in [5, 5.41) is 7.99. The summed E-state index contributed by atoms with van der Waals surface area (Å²) in [4.78, 5) is 9.80. The van der Waals surface area contributed by atoms with Gasteiger partial charge >= 0.3 is 0 Å². The minimum Gasteiger partial charge on any atom is -0.396 e. The molecule has 0 aromatic heterocycles. The van der Waals surface area contributed by atoms with Crippen LogP contribution in [0.2, 0.25) is 0 Å². The van der Waals surface area contributed by atoms with E-state index in [2.05, 4.69) is 15.9 Å². The van der Waals surface area contributed by atoms with E-state index < -0.39 is 0 Å². The van der Waals surface area contributed by atoms with Gasteiger partial charge in [0.05, 0.1) is 6.61 Å². The molecule has 0 unspecified atom stereocenters. The van der Waals surface area contributed by atoms with Crippen LogP contribution >= 0.6 is 15.9 Å². The normalized spacial score (nSPS) is 8.33. The van der Waals surface area contributed by atoms with Crippen LogP contribution in [0.25, 0.3) is 0 Å². The topological polar surface area (TPSA) is 37.3 Å². The fourth-order valence-corrected chi connectivity index (χ4v) is 0.265. The molecule has 0 saturated carbocycles. The number of carbonyl (C=O) groups excluding carboxylic acids is 1. The lowest BCUT2D eigenvalue weighted by molar-refractivity contribution is -0.110. The predicted octanol–water partition coefficient (Wildman–Crippen LogP) is 0.290. The van der Waals surface area contributed by atoms with E-state index in [9.17, 15) is 4.79 Å². The van der Waals surface area contributed by atoms with E-state index in [-0.39, 0.29) is 17.7 Å². The van der Waals surface area contributed by atoms with Gasteiger partial charge in [0.15, 0.2) is 4.69 Å². The first-order valence-electron chi connectivity index (χ1n) is 1.56. The zero-order chi connectivity index (χ0) is 4.99. The molecular weight excluding hydrogens is 148 g/mol. The van der Waals surface area contributed by atoms with Crippen molar-refractivity contribution in [2.24, 2.45) is 0 Å². The minimum absolute atomic E-state index is 0.0654. The number of rotatable bonds is 2. The Morgan fingerprint density at radius 1 is 1.83 bits per heavy atom. The molecule has 0 atom stereocenters. The molecule has 0 rings (SSSR count). The molecule has 0 aliphatic carbocycles. The van der Waals surface area contributed by atoms with Crippen LogP contribution in [0.15, 0.2) is 0 Å². The average molecular weight is 153 g/mol. The smallest absolute Gasteiger partial charge is 0.200 e.